The summed E-state index contributed by atoms with van der Waals surface area (Å²) in [5, 5.41) is 6.14. The lowest BCUT2D eigenvalue weighted by Crippen LogP contribution is -2.33. The van der Waals surface area contributed by atoms with Crippen molar-refractivity contribution < 1.29 is 4.79 Å². The number of nitrogens with one attached hydrogen (secondary N) is 2. The SMILES string of the molecule is CCCNCCNC(=O)c1cccn1CC. The lowest BCUT2D eigenvalue weighted by Gasteiger charge is -2.08. The van der Waals surface area contributed by atoms with E-state index in [0.717, 1.165) is 31.7 Å². The molecular weight excluding hydrogens is 202 g/mol. The largest absolute Gasteiger partial charge is 0.349 e. The molecule has 0 saturated carbocycles. The summed E-state index contributed by atoms with van der Waals surface area (Å²) in [7, 11) is 0. The summed E-state index contributed by atoms with van der Waals surface area (Å²) in [5.41, 5.74) is 0.734. The van der Waals surface area contributed by atoms with Crippen LogP contribution in [0.4, 0.5) is 0 Å². The van der Waals surface area contributed by atoms with Crippen molar-refractivity contribution in [3.05, 3.63) is 24.0 Å². The van der Waals surface area contributed by atoms with Gasteiger partial charge in [-0.3, -0.25) is 4.79 Å². The van der Waals surface area contributed by atoms with Gasteiger partial charge in [0.05, 0.1) is 0 Å². The van der Waals surface area contributed by atoms with Crippen molar-refractivity contribution in [1.29, 1.82) is 0 Å². The molecule has 4 heteroatoms. The minimum Gasteiger partial charge on any atom is -0.349 e. The molecule has 0 unspecified atom stereocenters. The number of hydrogen-bond donors (Lipinski definition) is 2. The summed E-state index contributed by atoms with van der Waals surface area (Å²) in [5.74, 6) is 0.00477. The Balaban J connectivity index is 2.30. The Morgan fingerprint density at radius 1 is 1.31 bits per heavy atom. The molecule has 0 spiro atoms. The topological polar surface area (TPSA) is 46.1 Å². The maximum atomic E-state index is 11.8. The van der Waals surface area contributed by atoms with E-state index in [9.17, 15) is 4.79 Å². The molecule has 1 amide bonds. The first-order chi connectivity index (χ1) is 7.79. The molecule has 2 N–H and O–H groups in total. The average molecular weight is 223 g/mol. The van der Waals surface area contributed by atoms with Gasteiger partial charge in [0.2, 0.25) is 0 Å². The lowest BCUT2D eigenvalue weighted by atomic mass is 10.4. The Morgan fingerprint density at radius 3 is 2.81 bits per heavy atom. The molecule has 0 radical (unpaired) electrons. The van der Waals surface area contributed by atoms with Crippen molar-refractivity contribution in [2.45, 2.75) is 26.8 Å². The molecule has 1 aromatic rings. The van der Waals surface area contributed by atoms with E-state index in [1.54, 1.807) is 0 Å². The molecular formula is C12H21N3O. The number of amides is 1. The van der Waals surface area contributed by atoms with Gasteiger partial charge in [-0.05, 0) is 32.0 Å². The van der Waals surface area contributed by atoms with E-state index in [2.05, 4.69) is 17.6 Å². The standard InChI is InChI=1S/C12H21N3O/c1-3-7-13-8-9-14-12(16)11-6-5-10-15(11)4-2/h5-6,10,13H,3-4,7-9H2,1-2H3,(H,14,16). The fourth-order valence-electron chi connectivity index (χ4n) is 1.55. The lowest BCUT2D eigenvalue weighted by molar-refractivity contribution is 0.0945. The third-order valence-electron chi connectivity index (χ3n) is 2.42. The highest BCUT2D eigenvalue weighted by Crippen LogP contribution is 2.01. The van der Waals surface area contributed by atoms with Crippen LogP contribution in [0, 0.1) is 0 Å². The van der Waals surface area contributed by atoms with Gasteiger partial charge < -0.3 is 15.2 Å². The van der Waals surface area contributed by atoms with Gasteiger partial charge in [-0.25, -0.2) is 0 Å². The number of aromatic nitrogens is 1. The van der Waals surface area contributed by atoms with Crippen LogP contribution in [0.3, 0.4) is 0 Å². The van der Waals surface area contributed by atoms with Crippen LogP contribution in [0.25, 0.3) is 0 Å². The number of aryl methyl sites for hydroxylation is 1. The molecule has 4 nitrogen and oxygen atoms in total. The molecule has 0 aliphatic carbocycles. The summed E-state index contributed by atoms with van der Waals surface area (Å²) < 4.78 is 1.94. The first kappa shape index (κ1) is 12.8. The Labute approximate surface area is 97.0 Å². The predicted molar refractivity (Wildman–Crippen MR) is 65.6 cm³/mol. The minimum absolute atomic E-state index is 0.00477. The highest BCUT2D eigenvalue weighted by atomic mass is 16.1. The van der Waals surface area contributed by atoms with Gasteiger partial charge >= 0.3 is 0 Å². The number of carbonyl (C=O) groups is 1. The summed E-state index contributed by atoms with van der Waals surface area (Å²) in [4.78, 5) is 11.8. The first-order valence-corrected chi connectivity index (χ1v) is 5.93. The second-order valence-electron chi connectivity index (χ2n) is 3.69. The molecule has 0 bridgehead atoms. The number of nitrogens with zero attached hydrogens (tertiary/aromatic N) is 1. The second kappa shape index (κ2) is 7.06. The monoisotopic (exact) mass is 223 g/mol. The van der Waals surface area contributed by atoms with Gasteiger partial charge in [-0.2, -0.15) is 0 Å². The van der Waals surface area contributed by atoms with Gasteiger partial charge in [-0.15, -0.1) is 0 Å². The summed E-state index contributed by atoms with van der Waals surface area (Å²) in [6.07, 6.45) is 3.04. The molecule has 0 aliphatic rings. The maximum Gasteiger partial charge on any atom is 0.267 e. The molecule has 90 valence electrons. The first-order valence-electron chi connectivity index (χ1n) is 5.93. The van der Waals surface area contributed by atoms with E-state index in [0.29, 0.717) is 6.54 Å². The van der Waals surface area contributed by atoms with Gasteiger partial charge in [0.15, 0.2) is 0 Å². The number of hydrogen-bond acceptors (Lipinski definition) is 2. The molecule has 0 aliphatic heterocycles. The summed E-state index contributed by atoms with van der Waals surface area (Å²) in [6, 6.07) is 3.74. The van der Waals surface area contributed by atoms with Gasteiger partial charge in [0, 0.05) is 25.8 Å². The van der Waals surface area contributed by atoms with Crippen LogP contribution in [0.2, 0.25) is 0 Å². The highest BCUT2D eigenvalue weighted by molar-refractivity contribution is 5.92. The van der Waals surface area contributed by atoms with Crippen molar-refractivity contribution in [2.24, 2.45) is 0 Å². The van der Waals surface area contributed by atoms with E-state index < -0.39 is 0 Å². The molecule has 0 saturated heterocycles. The Kier molecular flexibility index (Phi) is 5.64. The zero-order valence-electron chi connectivity index (χ0n) is 10.1. The smallest absolute Gasteiger partial charge is 0.267 e. The maximum absolute atomic E-state index is 11.8. The summed E-state index contributed by atoms with van der Waals surface area (Å²) >= 11 is 0. The van der Waals surface area contributed by atoms with Crippen LogP contribution in [0.15, 0.2) is 18.3 Å². The molecule has 0 atom stereocenters. The summed E-state index contributed by atoms with van der Waals surface area (Å²) in [6.45, 7) is 7.48. The van der Waals surface area contributed by atoms with Crippen molar-refractivity contribution in [3.8, 4) is 0 Å². The van der Waals surface area contributed by atoms with Crippen molar-refractivity contribution in [2.75, 3.05) is 19.6 Å². The zero-order valence-corrected chi connectivity index (χ0v) is 10.1. The van der Waals surface area contributed by atoms with Crippen LogP contribution in [-0.4, -0.2) is 30.1 Å². The fourth-order valence-corrected chi connectivity index (χ4v) is 1.55. The quantitative estimate of drug-likeness (QED) is 0.683. The third kappa shape index (κ3) is 3.70. The van der Waals surface area contributed by atoms with Gasteiger partial charge in [0.1, 0.15) is 5.69 Å². The van der Waals surface area contributed by atoms with E-state index in [1.165, 1.54) is 0 Å². The molecule has 1 heterocycles. The zero-order chi connectivity index (χ0) is 11.8. The highest BCUT2D eigenvalue weighted by Gasteiger charge is 2.08. The van der Waals surface area contributed by atoms with Crippen molar-refractivity contribution >= 4 is 5.91 Å². The van der Waals surface area contributed by atoms with E-state index >= 15 is 0 Å². The fraction of sp³-hybridized carbons (Fsp3) is 0.583. The van der Waals surface area contributed by atoms with E-state index in [-0.39, 0.29) is 5.91 Å². The predicted octanol–water partition coefficient (Wildman–Crippen LogP) is 1.24. The van der Waals surface area contributed by atoms with Gasteiger partial charge in [-0.1, -0.05) is 6.92 Å². The Hall–Kier alpha value is -1.29. The van der Waals surface area contributed by atoms with Crippen LogP contribution >= 0.6 is 0 Å². The third-order valence-corrected chi connectivity index (χ3v) is 2.42. The van der Waals surface area contributed by atoms with Gasteiger partial charge in [0.25, 0.3) is 5.91 Å². The minimum atomic E-state index is 0.00477. The average Bonchev–Trinajstić information content (AvgIpc) is 2.76. The molecule has 1 rings (SSSR count). The Morgan fingerprint density at radius 2 is 2.12 bits per heavy atom. The van der Waals surface area contributed by atoms with Crippen molar-refractivity contribution in [1.82, 2.24) is 15.2 Å². The van der Waals surface area contributed by atoms with Crippen LogP contribution in [0.5, 0.6) is 0 Å². The number of carbonyl (C=O) groups excluding carboxylic acids is 1. The molecule has 1 aromatic heterocycles. The number of rotatable bonds is 7. The molecule has 0 fully saturated rings. The molecule has 16 heavy (non-hydrogen) atoms. The second-order valence-corrected chi connectivity index (χ2v) is 3.69. The van der Waals surface area contributed by atoms with Crippen LogP contribution in [0.1, 0.15) is 30.8 Å². The molecule has 0 aromatic carbocycles. The normalized spacial score (nSPS) is 10.4. The van der Waals surface area contributed by atoms with Crippen molar-refractivity contribution in [3.63, 3.8) is 0 Å². The van der Waals surface area contributed by atoms with Crippen LogP contribution < -0.4 is 10.6 Å². The van der Waals surface area contributed by atoms with E-state index in [4.69, 9.17) is 0 Å². The van der Waals surface area contributed by atoms with Crippen LogP contribution in [-0.2, 0) is 6.54 Å². The van der Waals surface area contributed by atoms with E-state index in [1.807, 2.05) is 29.8 Å². The Bertz CT molecular complexity index is 320.